The van der Waals surface area contributed by atoms with Crippen molar-refractivity contribution in [2.24, 2.45) is 0 Å². The van der Waals surface area contributed by atoms with Crippen molar-refractivity contribution >= 4 is 28.6 Å². The van der Waals surface area contributed by atoms with Crippen LogP contribution in [0.1, 0.15) is 62.6 Å². The number of rotatable bonds is 15. The predicted octanol–water partition coefficient (Wildman–Crippen LogP) is 7.73. The van der Waals surface area contributed by atoms with E-state index < -0.39 is 24.5 Å². The first-order valence-corrected chi connectivity index (χ1v) is 16.6. The van der Waals surface area contributed by atoms with Gasteiger partial charge in [-0.25, -0.2) is 4.39 Å². The number of nitrogens with zero attached hydrogens (tertiary/aromatic N) is 1. The number of likely N-dealkylation sites (tertiary alicyclic amines) is 1. The second-order valence-electron chi connectivity index (χ2n) is 12.5. The smallest absolute Gasteiger partial charge is 0.393 e. The minimum atomic E-state index is -4.52. The standard InChI is InChI=1S/C39H46F4N4O2/c1-4-10-31(45-26-38(19-20-38)46-21-9-13-36(49)47-22-18-32(48)25-47)16-14-28(5-2)37(30-15-17-35(44)33(23-30)27(3)40)34(24-39(41,42)43)29-11-7-6-8-12-29/h5-17,23,32,45-46,48H,3-4,18-22,24-26,44H2,1-2H3/b13-9+,16-14-,28-5+,31-10-,37-34?. The average Bonchev–Trinajstić information content (AvgIpc) is 3.71. The summed E-state index contributed by atoms with van der Waals surface area (Å²) in [6.45, 7) is 9.17. The molecule has 2 aromatic rings. The molecule has 1 aliphatic heterocycles. The minimum absolute atomic E-state index is 0.0263. The second kappa shape index (κ2) is 16.8. The lowest BCUT2D eigenvalue weighted by molar-refractivity contribution is -0.125. The van der Waals surface area contributed by atoms with E-state index in [0.29, 0.717) is 54.9 Å². The Balaban J connectivity index is 1.58. The first kappa shape index (κ1) is 37.4. The maximum absolute atomic E-state index is 14.4. The fourth-order valence-electron chi connectivity index (χ4n) is 5.88. The van der Waals surface area contributed by atoms with E-state index in [-0.39, 0.29) is 28.3 Å². The third-order valence-corrected chi connectivity index (χ3v) is 8.72. The second-order valence-corrected chi connectivity index (χ2v) is 12.5. The van der Waals surface area contributed by atoms with Crippen LogP contribution in [-0.2, 0) is 4.79 Å². The third kappa shape index (κ3) is 10.8. The molecule has 1 unspecified atom stereocenters. The van der Waals surface area contributed by atoms with Crippen molar-refractivity contribution in [1.82, 2.24) is 15.5 Å². The highest BCUT2D eigenvalue weighted by Gasteiger charge is 2.41. The number of nitrogen functional groups attached to an aromatic ring is 1. The van der Waals surface area contributed by atoms with Crippen molar-refractivity contribution in [2.45, 2.75) is 63.8 Å². The molecule has 1 aliphatic carbocycles. The number of benzene rings is 2. The normalized spacial score (nSPS) is 18.7. The molecule has 262 valence electrons. The Morgan fingerprint density at radius 2 is 1.86 bits per heavy atom. The summed E-state index contributed by atoms with van der Waals surface area (Å²) in [4.78, 5) is 14.0. The zero-order valence-electron chi connectivity index (χ0n) is 28.1. The molecule has 2 fully saturated rings. The van der Waals surface area contributed by atoms with Crippen LogP contribution in [0.15, 0.2) is 103 Å². The molecule has 0 bridgehead atoms. The number of carbonyl (C=O) groups excluding carboxylic acids is 1. The van der Waals surface area contributed by atoms with Crippen LogP contribution in [0.2, 0.25) is 0 Å². The Kier molecular flexibility index (Phi) is 12.8. The molecule has 0 radical (unpaired) electrons. The Hall–Kier alpha value is -4.41. The van der Waals surface area contributed by atoms with Gasteiger partial charge in [0.1, 0.15) is 5.83 Å². The SMILES string of the molecule is C=C(F)c1cc(C(=C(CC(F)(F)F)c2ccccc2)C(/C=C\C(=C\CC)NCC2(NC/C=C/C(=O)N3CCC(O)C3)CC2)=C/C)ccc1N. The van der Waals surface area contributed by atoms with Crippen molar-refractivity contribution in [1.29, 1.82) is 0 Å². The molecular weight excluding hydrogens is 632 g/mol. The van der Waals surface area contributed by atoms with E-state index in [4.69, 9.17) is 5.73 Å². The van der Waals surface area contributed by atoms with Gasteiger partial charge in [-0.1, -0.05) is 74.2 Å². The molecule has 1 saturated carbocycles. The minimum Gasteiger partial charge on any atom is -0.398 e. The first-order chi connectivity index (χ1) is 23.3. The van der Waals surface area contributed by atoms with Gasteiger partial charge < -0.3 is 26.4 Å². The third-order valence-electron chi connectivity index (χ3n) is 8.72. The van der Waals surface area contributed by atoms with Gasteiger partial charge in [0.15, 0.2) is 0 Å². The molecule has 1 atom stereocenters. The number of allylic oxidation sites excluding steroid dienone is 7. The van der Waals surface area contributed by atoms with Gasteiger partial charge in [-0.05, 0) is 78.7 Å². The van der Waals surface area contributed by atoms with Crippen LogP contribution in [0.25, 0.3) is 17.0 Å². The lowest BCUT2D eigenvalue weighted by Gasteiger charge is -2.21. The van der Waals surface area contributed by atoms with E-state index in [0.717, 1.165) is 25.0 Å². The van der Waals surface area contributed by atoms with Crippen molar-refractivity contribution in [3.8, 4) is 0 Å². The van der Waals surface area contributed by atoms with Gasteiger partial charge in [0.05, 0.1) is 12.5 Å². The fourth-order valence-corrected chi connectivity index (χ4v) is 5.88. The highest BCUT2D eigenvalue weighted by molar-refractivity contribution is 6.00. The number of carbonyl (C=O) groups is 1. The summed E-state index contributed by atoms with van der Waals surface area (Å²) < 4.78 is 56.9. The predicted molar refractivity (Wildman–Crippen MR) is 191 cm³/mol. The van der Waals surface area contributed by atoms with Gasteiger partial charge >= 0.3 is 6.18 Å². The molecule has 2 aliphatic rings. The number of halogens is 4. The lowest BCUT2D eigenvalue weighted by Crippen LogP contribution is -2.40. The molecular formula is C39H46F4N4O2. The summed E-state index contributed by atoms with van der Waals surface area (Å²) >= 11 is 0. The zero-order valence-corrected chi connectivity index (χ0v) is 28.1. The van der Waals surface area contributed by atoms with Gasteiger partial charge in [0.25, 0.3) is 0 Å². The number of nitrogens with one attached hydrogen (secondary N) is 2. The summed E-state index contributed by atoms with van der Waals surface area (Å²) in [5.74, 6) is -0.884. The van der Waals surface area contributed by atoms with Crippen molar-refractivity contribution in [2.75, 3.05) is 31.9 Å². The van der Waals surface area contributed by atoms with Crippen LogP contribution >= 0.6 is 0 Å². The quantitative estimate of drug-likeness (QED) is 0.0509. The lowest BCUT2D eigenvalue weighted by atomic mass is 9.86. The van der Waals surface area contributed by atoms with Gasteiger partial charge in [-0.2, -0.15) is 13.2 Å². The first-order valence-electron chi connectivity index (χ1n) is 16.6. The molecule has 1 amide bonds. The summed E-state index contributed by atoms with van der Waals surface area (Å²) in [5, 5.41) is 16.7. The summed E-state index contributed by atoms with van der Waals surface area (Å²) in [6.07, 6.45) is 7.78. The molecule has 10 heteroatoms. The van der Waals surface area contributed by atoms with Gasteiger partial charge in [-0.3, -0.25) is 4.79 Å². The van der Waals surface area contributed by atoms with Crippen LogP contribution < -0.4 is 16.4 Å². The largest absolute Gasteiger partial charge is 0.398 e. The van der Waals surface area contributed by atoms with E-state index in [1.165, 1.54) is 12.1 Å². The number of alkyl halides is 3. The summed E-state index contributed by atoms with van der Waals surface area (Å²) in [7, 11) is 0. The van der Waals surface area contributed by atoms with E-state index in [1.807, 2.05) is 19.1 Å². The highest BCUT2D eigenvalue weighted by Crippen LogP contribution is 2.41. The zero-order chi connectivity index (χ0) is 35.6. The van der Waals surface area contributed by atoms with Gasteiger partial charge in [0, 0.05) is 54.7 Å². The molecule has 4 rings (SSSR count). The van der Waals surface area contributed by atoms with E-state index in [9.17, 15) is 27.5 Å². The van der Waals surface area contributed by atoms with Gasteiger partial charge in [-0.15, -0.1) is 0 Å². The average molecular weight is 679 g/mol. The number of hydrogen-bond acceptors (Lipinski definition) is 5. The van der Waals surface area contributed by atoms with Gasteiger partial charge in [0.2, 0.25) is 5.91 Å². The number of hydrogen-bond donors (Lipinski definition) is 4. The topological polar surface area (TPSA) is 90.6 Å². The number of β-amino-alcohol motifs (C(OH)–C–C–N with tert-alkyl or cyclic N) is 1. The number of aliphatic hydroxyl groups excluding tert-OH is 1. The summed E-state index contributed by atoms with van der Waals surface area (Å²) in [6, 6.07) is 12.9. The van der Waals surface area contributed by atoms with E-state index >= 15 is 0 Å². The molecule has 2 aromatic carbocycles. The molecule has 1 heterocycles. The molecule has 5 N–H and O–H groups in total. The molecule has 6 nitrogen and oxygen atoms in total. The number of amides is 1. The number of nitrogens with two attached hydrogens (primary N) is 1. The Morgan fingerprint density at radius 1 is 1.12 bits per heavy atom. The highest BCUT2D eigenvalue weighted by atomic mass is 19.4. The van der Waals surface area contributed by atoms with E-state index in [1.54, 1.807) is 72.5 Å². The van der Waals surface area contributed by atoms with Crippen molar-refractivity contribution < 1.29 is 27.5 Å². The van der Waals surface area contributed by atoms with Crippen LogP contribution in [0.5, 0.6) is 0 Å². The summed E-state index contributed by atoms with van der Waals surface area (Å²) in [5.41, 5.74) is 8.49. The van der Waals surface area contributed by atoms with Crippen molar-refractivity contribution in [3.63, 3.8) is 0 Å². The van der Waals surface area contributed by atoms with Crippen LogP contribution in [-0.4, -0.2) is 59.9 Å². The number of aliphatic hydroxyl groups is 1. The number of anilines is 1. The van der Waals surface area contributed by atoms with E-state index in [2.05, 4.69) is 17.2 Å². The Morgan fingerprint density at radius 3 is 2.45 bits per heavy atom. The molecule has 49 heavy (non-hydrogen) atoms. The Bertz CT molecular complexity index is 1640. The van der Waals surface area contributed by atoms with Crippen LogP contribution in [0.4, 0.5) is 23.2 Å². The maximum Gasteiger partial charge on any atom is 0.393 e. The Labute approximate surface area is 286 Å². The molecule has 0 aromatic heterocycles. The van der Waals surface area contributed by atoms with Crippen LogP contribution in [0.3, 0.4) is 0 Å². The van der Waals surface area contributed by atoms with Crippen LogP contribution in [0, 0.1) is 0 Å². The molecule has 0 spiro atoms. The molecule has 1 saturated heterocycles. The monoisotopic (exact) mass is 678 g/mol. The maximum atomic E-state index is 14.4. The van der Waals surface area contributed by atoms with Crippen molar-refractivity contribution in [3.05, 3.63) is 120 Å². The fraction of sp³-hybridized carbons (Fsp3) is 0.359.